The number of amides is 2. The number of piperidine rings is 3. The summed E-state index contributed by atoms with van der Waals surface area (Å²) < 4.78 is 15.9. The first kappa shape index (κ1) is 26.2. The van der Waals surface area contributed by atoms with E-state index in [2.05, 4.69) is 25.6 Å². The molecule has 0 saturated carbocycles. The van der Waals surface area contributed by atoms with E-state index in [1.165, 1.54) is 35.1 Å². The van der Waals surface area contributed by atoms with Crippen LogP contribution in [0.2, 0.25) is 5.02 Å². The van der Waals surface area contributed by atoms with E-state index < -0.39 is 11.7 Å². The Morgan fingerprint density at radius 2 is 1.70 bits per heavy atom. The molecular formula is C30H28ClFN6O2. The first-order chi connectivity index (χ1) is 19.4. The molecular weight excluding hydrogens is 531 g/mol. The monoisotopic (exact) mass is 558 g/mol. The quantitative estimate of drug-likeness (QED) is 0.325. The van der Waals surface area contributed by atoms with E-state index in [1.807, 2.05) is 30.3 Å². The van der Waals surface area contributed by atoms with Crippen LogP contribution in [-0.4, -0.2) is 57.7 Å². The predicted octanol–water partition coefficient (Wildman–Crippen LogP) is 5.19. The number of halogens is 2. The van der Waals surface area contributed by atoms with Crippen molar-refractivity contribution in [2.45, 2.75) is 19.3 Å². The molecule has 3 fully saturated rings. The Labute approximate surface area is 236 Å². The molecule has 10 heteroatoms. The number of hydrogen-bond acceptors (Lipinski definition) is 5. The number of para-hydroxylation sites is 1. The van der Waals surface area contributed by atoms with Gasteiger partial charge in [-0.25, -0.2) is 9.07 Å². The lowest BCUT2D eigenvalue weighted by Crippen LogP contribution is -2.52. The molecule has 4 aromatic rings. The molecule has 3 aliphatic heterocycles. The first-order valence-electron chi connectivity index (χ1n) is 13.3. The molecule has 2 N–H and O–H groups in total. The standard InChI is InChI=1S/C30H28ClFN6O2/c31-23-9-8-20(27-24(32)7-4-13-33-27)17-22(23)28(39)35-26-18-25(36-38(26)21-5-2-1-3-6-21)29(40)34-19-30-10-14-37(15-11-30)16-12-30/h1-9,13,17-18H,10-12,14-16,19H2,(H,34,40)(H,35,39). The molecule has 5 heterocycles. The molecule has 0 aliphatic carbocycles. The van der Waals surface area contributed by atoms with Crippen LogP contribution in [0, 0.1) is 11.2 Å². The Hall–Kier alpha value is -4.08. The molecule has 0 unspecified atom stereocenters. The van der Waals surface area contributed by atoms with Crippen LogP contribution in [0.4, 0.5) is 10.2 Å². The molecule has 8 nitrogen and oxygen atoms in total. The van der Waals surface area contributed by atoms with Crippen LogP contribution >= 0.6 is 11.6 Å². The van der Waals surface area contributed by atoms with Crippen LogP contribution in [0.15, 0.2) is 72.9 Å². The zero-order valence-corrected chi connectivity index (χ0v) is 22.5. The predicted molar refractivity (Wildman–Crippen MR) is 151 cm³/mol. The number of nitrogens with one attached hydrogen (secondary N) is 2. The molecule has 2 amide bonds. The topological polar surface area (TPSA) is 92.2 Å². The molecule has 0 spiro atoms. The summed E-state index contributed by atoms with van der Waals surface area (Å²) in [6.45, 7) is 3.83. The second-order valence-corrected chi connectivity index (χ2v) is 10.8. The molecule has 2 aromatic carbocycles. The van der Waals surface area contributed by atoms with Crippen LogP contribution in [0.5, 0.6) is 0 Å². The van der Waals surface area contributed by atoms with Crippen LogP contribution in [0.3, 0.4) is 0 Å². The number of fused-ring (bicyclic) bond motifs is 3. The van der Waals surface area contributed by atoms with Crippen molar-refractivity contribution in [3.05, 3.63) is 95.0 Å². The maximum atomic E-state index is 14.4. The molecule has 0 radical (unpaired) electrons. The highest BCUT2D eigenvalue weighted by atomic mass is 35.5. The number of aromatic nitrogens is 3. The number of benzene rings is 2. The summed E-state index contributed by atoms with van der Waals surface area (Å²) in [7, 11) is 0. The number of pyridine rings is 1. The van der Waals surface area contributed by atoms with Gasteiger partial charge in [-0.15, -0.1) is 0 Å². The minimum atomic E-state index is -0.528. The Kier molecular flexibility index (Phi) is 7.08. The average Bonchev–Trinajstić information content (AvgIpc) is 3.42. The maximum absolute atomic E-state index is 14.4. The van der Waals surface area contributed by atoms with Gasteiger partial charge in [-0.1, -0.05) is 35.9 Å². The summed E-state index contributed by atoms with van der Waals surface area (Å²) >= 11 is 6.38. The largest absolute Gasteiger partial charge is 0.350 e. The van der Waals surface area contributed by atoms with Gasteiger partial charge in [-0.2, -0.15) is 5.10 Å². The highest BCUT2D eigenvalue weighted by Gasteiger charge is 2.39. The lowest BCUT2D eigenvalue weighted by molar-refractivity contribution is 0.0261. The number of hydrogen-bond donors (Lipinski definition) is 2. The van der Waals surface area contributed by atoms with Crippen LogP contribution < -0.4 is 10.6 Å². The summed E-state index contributed by atoms with van der Waals surface area (Å²) in [6.07, 6.45) is 4.72. The van der Waals surface area contributed by atoms with E-state index in [0.29, 0.717) is 23.6 Å². The maximum Gasteiger partial charge on any atom is 0.271 e. The van der Waals surface area contributed by atoms with Crippen LogP contribution in [0.25, 0.3) is 16.9 Å². The van der Waals surface area contributed by atoms with Gasteiger partial charge in [0.05, 0.1) is 16.3 Å². The Balaban J connectivity index is 1.26. The Bertz CT molecular complexity index is 1550. The number of rotatable bonds is 7. The molecule has 7 rings (SSSR count). The van der Waals surface area contributed by atoms with Crippen molar-refractivity contribution in [2.24, 2.45) is 5.41 Å². The SMILES string of the molecule is O=C(NCC12CCN(CC1)CC2)c1cc(NC(=O)c2cc(-c3ncccc3F)ccc2Cl)n(-c2ccccc2)n1. The van der Waals surface area contributed by atoms with E-state index >= 15 is 0 Å². The van der Waals surface area contributed by atoms with Gasteiger partial charge in [0.25, 0.3) is 11.8 Å². The molecule has 3 saturated heterocycles. The van der Waals surface area contributed by atoms with Gasteiger partial charge in [0, 0.05) is 24.4 Å². The highest BCUT2D eigenvalue weighted by molar-refractivity contribution is 6.34. The Morgan fingerprint density at radius 1 is 0.950 bits per heavy atom. The average molecular weight is 559 g/mol. The number of carbonyl (C=O) groups excluding carboxylic acids is 2. The minimum Gasteiger partial charge on any atom is -0.350 e. The smallest absolute Gasteiger partial charge is 0.271 e. The number of carbonyl (C=O) groups is 2. The van der Waals surface area contributed by atoms with E-state index in [9.17, 15) is 14.0 Å². The second-order valence-electron chi connectivity index (χ2n) is 10.4. The number of anilines is 1. The molecule has 40 heavy (non-hydrogen) atoms. The minimum absolute atomic E-state index is 0.115. The molecule has 2 aromatic heterocycles. The molecule has 2 bridgehead atoms. The third kappa shape index (κ3) is 5.22. The van der Waals surface area contributed by atoms with Gasteiger partial charge >= 0.3 is 0 Å². The first-order valence-corrected chi connectivity index (χ1v) is 13.7. The van der Waals surface area contributed by atoms with Gasteiger partial charge < -0.3 is 15.5 Å². The zero-order valence-electron chi connectivity index (χ0n) is 21.7. The van der Waals surface area contributed by atoms with Gasteiger partial charge in [-0.3, -0.25) is 14.6 Å². The van der Waals surface area contributed by atoms with Crippen molar-refractivity contribution < 1.29 is 14.0 Å². The third-order valence-corrected chi connectivity index (χ3v) is 8.26. The van der Waals surface area contributed by atoms with E-state index in [0.717, 1.165) is 38.9 Å². The van der Waals surface area contributed by atoms with E-state index in [1.54, 1.807) is 12.1 Å². The highest BCUT2D eigenvalue weighted by Crippen LogP contribution is 2.39. The fraction of sp³-hybridized carbons (Fsp3) is 0.267. The van der Waals surface area contributed by atoms with Gasteiger partial charge in [0.2, 0.25) is 0 Å². The fourth-order valence-electron chi connectivity index (χ4n) is 5.50. The molecule has 204 valence electrons. The number of nitrogens with zero attached hydrogens (tertiary/aromatic N) is 4. The normalized spacial score (nSPS) is 19.8. The lowest BCUT2D eigenvalue weighted by Gasteiger charge is -2.48. The Morgan fingerprint density at radius 3 is 2.42 bits per heavy atom. The van der Waals surface area contributed by atoms with Crippen LogP contribution in [0.1, 0.15) is 40.1 Å². The summed E-state index contributed by atoms with van der Waals surface area (Å²) in [5.74, 6) is -1.03. The van der Waals surface area contributed by atoms with Crippen molar-refractivity contribution in [3.8, 4) is 16.9 Å². The van der Waals surface area contributed by atoms with E-state index in [4.69, 9.17) is 11.6 Å². The summed E-state index contributed by atoms with van der Waals surface area (Å²) in [5.41, 5.74) is 1.67. The summed E-state index contributed by atoms with van der Waals surface area (Å²) in [4.78, 5) is 33.2. The van der Waals surface area contributed by atoms with Crippen molar-refractivity contribution in [1.82, 2.24) is 25.0 Å². The van der Waals surface area contributed by atoms with Crippen molar-refractivity contribution in [2.75, 3.05) is 31.5 Å². The van der Waals surface area contributed by atoms with Gasteiger partial charge in [-0.05, 0) is 80.7 Å². The van der Waals surface area contributed by atoms with Crippen LogP contribution in [-0.2, 0) is 0 Å². The lowest BCUT2D eigenvalue weighted by atomic mass is 9.72. The molecule has 3 aliphatic rings. The van der Waals surface area contributed by atoms with Crippen molar-refractivity contribution >= 4 is 29.2 Å². The molecule has 0 atom stereocenters. The van der Waals surface area contributed by atoms with Gasteiger partial charge in [0.1, 0.15) is 17.3 Å². The summed E-state index contributed by atoms with van der Waals surface area (Å²) in [6, 6.07) is 18.2. The van der Waals surface area contributed by atoms with Crippen molar-refractivity contribution in [3.63, 3.8) is 0 Å². The second kappa shape index (κ2) is 10.8. The zero-order chi connectivity index (χ0) is 27.7. The van der Waals surface area contributed by atoms with Crippen molar-refractivity contribution in [1.29, 1.82) is 0 Å². The summed E-state index contributed by atoms with van der Waals surface area (Å²) in [5, 5.41) is 10.7. The third-order valence-electron chi connectivity index (χ3n) is 7.93. The van der Waals surface area contributed by atoms with Gasteiger partial charge in [0.15, 0.2) is 5.69 Å². The fourth-order valence-corrected chi connectivity index (χ4v) is 5.70. The van der Waals surface area contributed by atoms with E-state index in [-0.39, 0.29) is 33.3 Å².